The summed E-state index contributed by atoms with van der Waals surface area (Å²) in [6.07, 6.45) is 4.18. The summed E-state index contributed by atoms with van der Waals surface area (Å²) in [4.78, 5) is 18.2. The maximum absolute atomic E-state index is 12.1. The molecular weight excluding hydrogens is 316 g/mol. The average molecular weight is 335 g/mol. The van der Waals surface area contributed by atoms with Gasteiger partial charge >= 0.3 is 0 Å². The third kappa shape index (κ3) is 3.74. The van der Waals surface area contributed by atoms with Gasteiger partial charge in [0, 0.05) is 25.1 Å². The van der Waals surface area contributed by atoms with Crippen molar-refractivity contribution in [1.82, 2.24) is 9.88 Å². The Kier molecular flexibility index (Phi) is 4.98. The topological polar surface area (TPSA) is 55.6 Å². The molecule has 1 saturated heterocycles. The van der Waals surface area contributed by atoms with Gasteiger partial charge in [0.1, 0.15) is 18.4 Å². The molecule has 2 heterocycles. The Bertz CT molecular complexity index is 686. The van der Waals surface area contributed by atoms with Crippen molar-refractivity contribution < 1.29 is 13.9 Å². The van der Waals surface area contributed by atoms with Crippen molar-refractivity contribution >= 4 is 17.5 Å². The van der Waals surface area contributed by atoms with Crippen molar-refractivity contribution in [2.45, 2.75) is 25.3 Å². The Labute approximate surface area is 140 Å². The third-order valence-electron chi connectivity index (χ3n) is 3.96. The first-order chi connectivity index (χ1) is 11.2. The van der Waals surface area contributed by atoms with Gasteiger partial charge in [-0.1, -0.05) is 23.7 Å². The molecule has 1 aromatic heterocycles. The molecule has 6 heteroatoms. The second-order valence-corrected chi connectivity index (χ2v) is 6.09. The Morgan fingerprint density at radius 2 is 2.39 bits per heavy atom. The highest BCUT2D eigenvalue weighted by Gasteiger charge is 2.33. The van der Waals surface area contributed by atoms with Crippen LogP contribution in [-0.4, -0.2) is 36.1 Å². The maximum Gasteiger partial charge on any atom is 0.249 e. The standard InChI is InChI=1S/C17H19ClN2O3/c1-22-11-16(21)20-7-3-6-15(20)17-19-10-14(23-17)9-12-4-2-5-13(18)8-12/h2,4-5,8,10,15H,3,6-7,9,11H2,1H3. The SMILES string of the molecule is COCC(=O)N1CCCC1c1ncc(Cc2cccc(Cl)c2)o1. The summed E-state index contributed by atoms with van der Waals surface area (Å²) in [7, 11) is 1.53. The smallest absolute Gasteiger partial charge is 0.249 e. The molecule has 1 aliphatic heterocycles. The molecule has 1 fully saturated rings. The van der Waals surface area contributed by atoms with Crippen LogP contribution < -0.4 is 0 Å². The lowest BCUT2D eigenvalue weighted by molar-refractivity contribution is -0.136. The minimum absolute atomic E-state index is 0.0235. The number of ether oxygens (including phenoxy) is 1. The van der Waals surface area contributed by atoms with E-state index < -0.39 is 0 Å². The van der Waals surface area contributed by atoms with Gasteiger partial charge in [0.05, 0.1) is 6.20 Å². The molecule has 3 rings (SSSR count). The Morgan fingerprint density at radius 1 is 1.52 bits per heavy atom. The van der Waals surface area contributed by atoms with Crippen LogP contribution in [0.2, 0.25) is 5.02 Å². The summed E-state index contributed by atoms with van der Waals surface area (Å²) in [5, 5.41) is 0.703. The molecule has 1 aliphatic rings. The lowest BCUT2D eigenvalue weighted by Gasteiger charge is -2.21. The number of benzene rings is 1. The molecule has 5 nitrogen and oxygen atoms in total. The molecule has 2 aromatic rings. The maximum atomic E-state index is 12.1. The fourth-order valence-electron chi connectivity index (χ4n) is 2.93. The normalized spacial score (nSPS) is 17.7. The van der Waals surface area contributed by atoms with Crippen molar-refractivity contribution in [3.8, 4) is 0 Å². The van der Waals surface area contributed by atoms with Gasteiger partial charge < -0.3 is 14.1 Å². The molecule has 0 radical (unpaired) electrons. The van der Waals surface area contributed by atoms with E-state index in [0.29, 0.717) is 17.3 Å². The van der Waals surface area contributed by atoms with Crippen LogP contribution in [0.25, 0.3) is 0 Å². The van der Waals surface area contributed by atoms with E-state index in [9.17, 15) is 4.79 Å². The van der Waals surface area contributed by atoms with E-state index in [-0.39, 0.29) is 18.6 Å². The number of aromatic nitrogens is 1. The van der Waals surface area contributed by atoms with E-state index in [0.717, 1.165) is 30.7 Å². The highest BCUT2D eigenvalue weighted by Crippen LogP contribution is 2.32. The molecule has 0 N–H and O–H groups in total. The second-order valence-electron chi connectivity index (χ2n) is 5.65. The predicted molar refractivity (Wildman–Crippen MR) is 86.3 cm³/mol. The fourth-order valence-corrected chi connectivity index (χ4v) is 3.15. The minimum Gasteiger partial charge on any atom is -0.443 e. The molecule has 0 spiro atoms. The highest BCUT2D eigenvalue weighted by atomic mass is 35.5. The van der Waals surface area contributed by atoms with Gasteiger partial charge in [0.2, 0.25) is 11.8 Å². The third-order valence-corrected chi connectivity index (χ3v) is 4.20. The van der Waals surface area contributed by atoms with E-state index in [1.54, 1.807) is 11.1 Å². The monoisotopic (exact) mass is 334 g/mol. The first kappa shape index (κ1) is 16.0. The molecule has 0 bridgehead atoms. The van der Waals surface area contributed by atoms with Crippen LogP contribution in [0.1, 0.15) is 36.1 Å². The molecule has 23 heavy (non-hydrogen) atoms. The highest BCUT2D eigenvalue weighted by molar-refractivity contribution is 6.30. The number of carbonyl (C=O) groups is 1. The van der Waals surface area contributed by atoms with Gasteiger partial charge in [-0.2, -0.15) is 0 Å². The number of nitrogens with zero attached hydrogens (tertiary/aromatic N) is 2. The zero-order valence-corrected chi connectivity index (χ0v) is 13.8. The number of hydrogen-bond acceptors (Lipinski definition) is 4. The van der Waals surface area contributed by atoms with Gasteiger partial charge in [-0.15, -0.1) is 0 Å². The van der Waals surface area contributed by atoms with Crippen LogP contribution in [0.5, 0.6) is 0 Å². The Balaban J connectivity index is 1.72. The summed E-state index contributed by atoms with van der Waals surface area (Å²) < 4.78 is 10.8. The van der Waals surface area contributed by atoms with E-state index in [1.807, 2.05) is 24.3 Å². The van der Waals surface area contributed by atoms with Gasteiger partial charge in [-0.3, -0.25) is 4.79 Å². The van der Waals surface area contributed by atoms with Gasteiger partial charge in [-0.05, 0) is 30.5 Å². The van der Waals surface area contributed by atoms with Crippen LogP contribution in [0.4, 0.5) is 0 Å². The molecule has 1 unspecified atom stereocenters. The second kappa shape index (κ2) is 7.15. The molecule has 1 amide bonds. The van der Waals surface area contributed by atoms with Crippen LogP contribution in [0, 0.1) is 0 Å². The summed E-state index contributed by atoms with van der Waals surface area (Å²) in [5.74, 6) is 1.35. The van der Waals surface area contributed by atoms with Crippen molar-refractivity contribution in [2.75, 3.05) is 20.3 Å². The molecule has 0 aliphatic carbocycles. The van der Waals surface area contributed by atoms with Gasteiger partial charge in [0.25, 0.3) is 0 Å². The van der Waals surface area contributed by atoms with Gasteiger partial charge in [0.15, 0.2) is 0 Å². The van der Waals surface area contributed by atoms with Crippen molar-refractivity contribution in [1.29, 1.82) is 0 Å². The zero-order chi connectivity index (χ0) is 16.2. The van der Waals surface area contributed by atoms with Crippen molar-refractivity contribution in [2.24, 2.45) is 0 Å². The van der Waals surface area contributed by atoms with E-state index >= 15 is 0 Å². The van der Waals surface area contributed by atoms with Gasteiger partial charge in [-0.25, -0.2) is 4.98 Å². The first-order valence-corrected chi connectivity index (χ1v) is 8.02. The summed E-state index contributed by atoms with van der Waals surface area (Å²) >= 11 is 6.00. The van der Waals surface area contributed by atoms with Crippen LogP contribution in [0.3, 0.4) is 0 Å². The predicted octanol–water partition coefficient (Wildman–Crippen LogP) is 3.23. The molecule has 0 saturated carbocycles. The largest absolute Gasteiger partial charge is 0.443 e. The molecule has 122 valence electrons. The number of methoxy groups -OCH3 is 1. The lowest BCUT2D eigenvalue weighted by Crippen LogP contribution is -2.33. The Hall–Kier alpha value is -1.85. The average Bonchev–Trinajstić information content (AvgIpc) is 3.16. The minimum atomic E-state index is -0.0919. The lowest BCUT2D eigenvalue weighted by atomic mass is 10.1. The number of amides is 1. The summed E-state index contributed by atoms with van der Waals surface area (Å²) in [5.41, 5.74) is 1.07. The van der Waals surface area contributed by atoms with E-state index in [4.69, 9.17) is 20.8 Å². The molecular formula is C17H19ClN2O3. The number of rotatable bonds is 5. The van der Waals surface area contributed by atoms with E-state index in [2.05, 4.69) is 4.98 Å². The number of halogens is 1. The number of oxazole rings is 1. The zero-order valence-electron chi connectivity index (χ0n) is 13.0. The van der Waals surface area contributed by atoms with Crippen molar-refractivity contribution in [3.63, 3.8) is 0 Å². The van der Waals surface area contributed by atoms with Crippen LogP contribution in [0.15, 0.2) is 34.9 Å². The summed E-state index contributed by atoms with van der Waals surface area (Å²) in [6, 6.07) is 7.57. The van der Waals surface area contributed by atoms with Crippen LogP contribution >= 0.6 is 11.6 Å². The fraction of sp³-hybridized carbons (Fsp3) is 0.412. The number of likely N-dealkylation sites (tertiary alicyclic amines) is 1. The van der Waals surface area contributed by atoms with Crippen LogP contribution in [-0.2, 0) is 16.0 Å². The molecule has 1 atom stereocenters. The number of hydrogen-bond donors (Lipinski definition) is 0. The molecule has 1 aromatic carbocycles. The summed E-state index contributed by atoms with van der Waals surface area (Å²) in [6.45, 7) is 0.811. The van der Waals surface area contributed by atoms with Crippen molar-refractivity contribution in [3.05, 3.63) is 52.7 Å². The Morgan fingerprint density at radius 3 is 3.17 bits per heavy atom. The first-order valence-electron chi connectivity index (χ1n) is 7.65. The number of carbonyl (C=O) groups excluding carboxylic acids is 1. The quantitative estimate of drug-likeness (QED) is 0.842. The van der Waals surface area contributed by atoms with E-state index in [1.165, 1.54) is 7.11 Å².